The van der Waals surface area contributed by atoms with Gasteiger partial charge in [-0.1, -0.05) is 79.0 Å². The van der Waals surface area contributed by atoms with E-state index in [9.17, 15) is 18.0 Å². The molecule has 0 radical (unpaired) electrons. The third-order valence-corrected chi connectivity index (χ3v) is 10.7. The average Bonchev–Trinajstić information content (AvgIpc) is 3.09. The first kappa shape index (κ1) is 38.6. The number of ether oxygens (including phenoxy) is 2. The number of anilines is 1. The van der Waals surface area contributed by atoms with Crippen LogP contribution in [-0.2, 0) is 32.6 Å². The highest BCUT2D eigenvalue weighted by atomic mass is 35.5. The first-order valence-electron chi connectivity index (χ1n) is 16.3. The Balaban J connectivity index is 1.85. The molecule has 12 heteroatoms. The Kier molecular flexibility index (Phi) is 13.6. The fraction of sp³-hybridized carbons (Fsp3) is 0.316. The molecule has 50 heavy (non-hydrogen) atoms. The molecule has 4 aromatic rings. The van der Waals surface area contributed by atoms with Crippen molar-refractivity contribution in [2.75, 3.05) is 31.6 Å². The second-order valence-corrected chi connectivity index (χ2v) is 14.7. The number of methoxy groups -OCH3 is 2. The maximum Gasteiger partial charge on any atom is 0.264 e. The van der Waals surface area contributed by atoms with Gasteiger partial charge in [0.25, 0.3) is 10.0 Å². The van der Waals surface area contributed by atoms with Gasteiger partial charge in [-0.3, -0.25) is 13.9 Å². The molecule has 0 saturated carbocycles. The lowest BCUT2D eigenvalue weighted by Crippen LogP contribution is -2.53. The van der Waals surface area contributed by atoms with Crippen molar-refractivity contribution in [1.29, 1.82) is 0 Å². The largest absolute Gasteiger partial charge is 0.493 e. The molecular formula is C38H43Cl2N3O6S. The Labute approximate surface area is 305 Å². The number of unbranched alkanes of at least 4 members (excludes halogenated alkanes) is 1. The summed E-state index contributed by atoms with van der Waals surface area (Å²) in [5.74, 6) is -0.374. The van der Waals surface area contributed by atoms with Crippen LogP contribution in [0.5, 0.6) is 11.5 Å². The summed E-state index contributed by atoms with van der Waals surface area (Å²) in [6, 6.07) is 23.0. The molecule has 4 rings (SSSR count). The van der Waals surface area contributed by atoms with Gasteiger partial charge in [0.05, 0.1) is 34.8 Å². The summed E-state index contributed by atoms with van der Waals surface area (Å²) in [5, 5.41) is 3.62. The lowest BCUT2D eigenvalue weighted by Gasteiger charge is -2.34. The molecule has 1 unspecified atom stereocenters. The summed E-state index contributed by atoms with van der Waals surface area (Å²) >= 11 is 12.6. The van der Waals surface area contributed by atoms with Crippen LogP contribution in [0, 0.1) is 13.8 Å². The molecule has 1 atom stereocenters. The van der Waals surface area contributed by atoms with Crippen molar-refractivity contribution < 1.29 is 27.5 Å². The molecule has 0 aliphatic carbocycles. The summed E-state index contributed by atoms with van der Waals surface area (Å²) in [7, 11) is -1.50. The fourth-order valence-electron chi connectivity index (χ4n) is 5.62. The Morgan fingerprint density at radius 2 is 1.50 bits per heavy atom. The van der Waals surface area contributed by atoms with Gasteiger partial charge < -0.3 is 19.7 Å². The highest BCUT2D eigenvalue weighted by Crippen LogP contribution is 2.33. The van der Waals surface area contributed by atoms with E-state index < -0.39 is 28.5 Å². The SMILES string of the molecule is CCCCNC(=O)C(Cc1ccccc1)N(Cc1ccc(Cl)c(Cl)c1)C(=O)CN(c1cc(C)cc(C)c1)S(=O)(=O)c1ccc(OC)c(OC)c1. The summed E-state index contributed by atoms with van der Waals surface area (Å²) in [4.78, 5) is 30.0. The maximum absolute atomic E-state index is 14.8. The number of hydrogen-bond acceptors (Lipinski definition) is 6. The number of nitrogens with one attached hydrogen (secondary N) is 1. The molecule has 4 aromatic carbocycles. The molecule has 9 nitrogen and oxygen atoms in total. The van der Waals surface area contributed by atoms with Gasteiger partial charge in [-0.2, -0.15) is 0 Å². The van der Waals surface area contributed by atoms with Crippen LogP contribution in [-0.4, -0.2) is 58.5 Å². The molecule has 0 saturated heterocycles. The Morgan fingerprint density at radius 3 is 2.12 bits per heavy atom. The van der Waals surface area contributed by atoms with Crippen molar-refractivity contribution >= 4 is 50.7 Å². The maximum atomic E-state index is 14.8. The predicted molar refractivity (Wildman–Crippen MR) is 199 cm³/mol. The van der Waals surface area contributed by atoms with Crippen molar-refractivity contribution in [1.82, 2.24) is 10.2 Å². The summed E-state index contributed by atoms with van der Waals surface area (Å²) in [5.41, 5.74) is 3.37. The molecular weight excluding hydrogens is 697 g/mol. The molecule has 0 spiro atoms. The topological polar surface area (TPSA) is 105 Å². The van der Waals surface area contributed by atoms with Gasteiger partial charge in [0.2, 0.25) is 11.8 Å². The van der Waals surface area contributed by atoms with Crippen LogP contribution >= 0.6 is 23.2 Å². The lowest BCUT2D eigenvalue weighted by atomic mass is 10.0. The van der Waals surface area contributed by atoms with Gasteiger partial charge in [0, 0.05) is 25.6 Å². The van der Waals surface area contributed by atoms with Crippen LogP contribution in [0.1, 0.15) is 42.0 Å². The summed E-state index contributed by atoms with van der Waals surface area (Å²) in [6.45, 7) is 5.52. The van der Waals surface area contributed by atoms with E-state index in [0.29, 0.717) is 28.6 Å². The van der Waals surface area contributed by atoms with Gasteiger partial charge in [-0.05, 0) is 78.9 Å². The third kappa shape index (κ3) is 9.71. The lowest BCUT2D eigenvalue weighted by molar-refractivity contribution is -0.140. The van der Waals surface area contributed by atoms with Crippen LogP contribution in [0.2, 0.25) is 10.0 Å². The minimum Gasteiger partial charge on any atom is -0.493 e. The van der Waals surface area contributed by atoms with Crippen LogP contribution < -0.4 is 19.1 Å². The van der Waals surface area contributed by atoms with Gasteiger partial charge >= 0.3 is 0 Å². The van der Waals surface area contributed by atoms with E-state index in [2.05, 4.69) is 5.32 Å². The molecule has 0 fully saturated rings. The number of rotatable bonds is 16. The Bertz CT molecular complexity index is 1890. The van der Waals surface area contributed by atoms with E-state index in [4.69, 9.17) is 32.7 Å². The van der Waals surface area contributed by atoms with Crippen LogP contribution in [0.25, 0.3) is 0 Å². The van der Waals surface area contributed by atoms with Gasteiger partial charge in [0.15, 0.2) is 11.5 Å². The average molecular weight is 741 g/mol. The van der Waals surface area contributed by atoms with E-state index in [0.717, 1.165) is 33.8 Å². The molecule has 0 aromatic heterocycles. The number of aryl methyl sites for hydroxylation is 2. The first-order valence-corrected chi connectivity index (χ1v) is 18.5. The van der Waals surface area contributed by atoms with E-state index >= 15 is 0 Å². The van der Waals surface area contributed by atoms with Crippen molar-refractivity contribution in [2.24, 2.45) is 0 Å². The quantitative estimate of drug-likeness (QED) is 0.120. The molecule has 0 aliphatic rings. The highest BCUT2D eigenvalue weighted by Gasteiger charge is 2.35. The van der Waals surface area contributed by atoms with Gasteiger partial charge in [0.1, 0.15) is 12.6 Å². The van der Waals surface area contributed by atoms with Gasteiger partial charge in [-0.25, -0.2) is 8.42 Å². The number of benzene rings is 4. The Hall–Kier alpha value is -4.25. The van der Waals surface area contributed by atoms with Crippen molar-refractivity contribution in [2.45, 2.75) is 57.5 Å². The number of nitrogens with zero attached hydrogens (tertiary/aromatic N) is 2. The second kappa shape index (κ2) is 17.6. The van der Waals surface area contributed by atoms with Crippen LogP contribution in [0.3, 0.4) is 0 Å². The minimum absolute atomic E-state index is 0.0362. The number of sulfonamides is 1. The molecule has 0 bridgehead atoms. The van der Waals surface area contributed by atoms with Crippen LogP contribution in [0.4, 0.5) is 5.69 Å². The van der Waals surface area contributed by atoms with Crippen LogP contribution in [0.15, 0.2) is 89.8 Å². The second-order valence-electron chi connectivity index (χ2n) is 12.0. The highest BCUT2D eigenvalue weighted by molar-refractivity contribution is 7.92. The van der Waals surface area contributed by atoms with Gasteiger partial charge in [-0.15, -0.1) is 0 Å². The molecule has 0 aliphatic heterocycles. The monoisotopic (exact) mass is 739 g/mol. The third-order valence-electron chi connectivity index (χ3n) is 8.15. The number of carbonyl (C=O) groups excluding carboxylic acids is 2. The molecule has 266 valence electrons. The normalized spacial score (nSPS) is 11.8. The number of hydrogen-bond donors (Lipinski definition) is 1. The standard InChI is InChI=1S/C38H43Cl2N3O6S/c1-6-7-17-41-38(45)34(22-28-11-9-8-10-12-28)42(24-29-13-15-32(39)33(40)21-29)37(44)25-43(30-19-26(2)18-27(3)20-30)50(46,47)31-14-16-35(48-4)36(23-31)49-5/h8-16,18-21,23,34H,6-7,17,22,24-25H2,1-5H3,(H,41,45). The summed E-state index contributed by atoms with van der Waals surface area (Å²) in [6.07, 6.45) is 1.82. The van der Waals surface area contributed by atoms with Crippen molar-refractivity contribution in [3.05, 3.63) is 117 Å². The first-order chi connectivity index (χ1) is 23.9. The van der Waals surface area contributed by atoms with E-state index in [1.54, 1.807) is 30.3 Å². The number of carbonyl (C=O) groups is 2. The summed E-state index contributed by atoms with van der Waals surface area (Å²) < 4.78 is 40.9. The zero-order valence-corrected chi connectivity index (χ0v) is 31.2. The zero-order chi connectivity index (χ0) is 36.4. The minimum atomic E-state index is -4.37. The molecule has 1 N–H and O–H groups in total. The number of halogens is 2. The van der Waals surface area contributed by atoms with E-state index in [1.165, 1.54) is 37.3 Å². The molecule has 2 amide bonds. The predicted octanol–water partition coefficient (Wildman–Crippen LogP) is 7.38. The Morgan fingerprint density at radius 1 is 0.820 bits per heavy atom. The van der Waals surface area contributed by atoms with Crippen molar-refractivity contribution in [3.63, 3.8) is 0 Å². The smallest absolute Gasteiger partial charge is 0.264 e. The molecule has 0 heterocycles. The zero-order valence-electron chi connectivity index (χ0n) is 28.9. The number of amides is 2. The van der Waals surface area contributed by atoms with Crippen molar-refractivity contribution in [3.8, 4) is 11.5 Å². The van der Waals surface area contributed by atoms with E-state index in [1.807, 2.05) is 57.2 Å². The van der Waals surface area contributed by atoms with E-state index in [-0.39, 0.29) is 34.5 Å². The fourth-order valence-corrected chi connectivity index (χ4v) is 7.36.